The van der Waals surface area contributed by atoms with Gasteiger partial charge in [0.15, 0.2) is 16.3 Å². The first-order chi connectivity index (χ1) is 17.2. The van der Waals surface area contributed by atoms with Crippen molar-refractivity contribution in [2.75, 3.05) is 14.2 Å². The van der Waals surface area contributed by atoms with E-state index in [1.165, 1.54) is 18.8 Å². The van der Waals surface area contributed by atoms with Crippen molar-refractivity contribution in [1.82, 2.24) is 4.57 Å². The van der Waals surface area contributed by atoms with Gasteiger partial charge in [-0.25, -0.2) is 9.79 Å². The molecule has 0 amide bonds. The van der Waals surface area contributed by atoms with Gasteiger partial charge in [0, 0.05) is 15.6 Å². The lowest BCUT2D eigenvalue weighted by molar-refractivity contribution is -0.143. The molecule has 0 bridgehead atoms. The third-order valence-corrected chi connectivity index (χ3v) is 7.08. The molecule has 36 heavy (non-hydrogen) atoms. The smallest absolute Gasteiger partial charge is 0.338 e. The number of rotatable bonds is 6. The molecule has 10 heteroatoms. The number of allylic oxidation sites excluding steroid dienone is 1. The highest BCUT2D eigenvalue weighted by atomic mass is 79.9. The number of hydrogen-bond acceptors (Lipinski definition) is 8. The van der Waals surface area contributed by atoms with E-state index in [-0.39, 0.29) is 23.0 Å². The van der Waals surface area contributed by atoms with E-state index in [0.717, 1.165) is 15.8 Å². The molecule has 1 aliphatic heterocycles. The molecule has 2 heterocycles. The number of carbonyl (C=O) groups excluding carboxylic acids is 1. The Hall–Kier alpha value is -3.37. The van der Waals surface area contributed by atoms with Crippen LogP contribution in [0.4, 0.5) is 0 Å². The molecule has 0 unspecified atom stereocenters. The number of halogens is 1. The van der Waals surface area contributed by atoms with Crippen molar-refractivity contribution in [3.63, 3.8) is 0 Å². The van der Waals surface area contributed by atoms with E-state index in [0.29, 0.717) is 37.7 Å². The number of para-hydroxylation sites is 1. The number of phenolic OH excluding ortho intramolecular Hbond substituents is 1. The van der Waals surface area contributed by atoms with Crippen LogP contribution < -0.4 is 24.4 Å². The molecule has 188 valence electrons. The van der Waals surface area contributed by atoms with Gasteiger partial charge in [-0.15, -0.1) is 0 Å². The maximum Gasteiger partial charge on any atom is 0.338 e. The van der Waals surface area contributed by atoms with E-state index in [2.05, 4.69) is 20.9 Å². The van der Waals surface area contributed by atoms with Gasteiger partial charge in [0.2, 0.25) is 0 Å². The highest BCUT2D eigenvalue weighted by Crippen LogP contribution is 2.37. The molecule has 4 rings (SSSR count). The minimum Gasteiger partial charge on any atom is -0.504 e. The second-order valence-corrected chi connectivity index (χ2v) is 10.2. The summed E-state index contributed by atoms with van der Waals surface area (Å²) in [6.07, 6.45) is 1.23. The summed E-state index contributed by atoms with van der Waals surface area (Å²) in [5.74, 6) is 0.169. The molecule has 1 N–H and O–H groups in total. The molecule has 3 aromatic rings. The van der Waals surface area contributed by atoms with Gasteiger partial charge in [0.05, 0.1) is 36.1 Å². The Morgan fingerprint density at radius 1 is 1.19 bits per heavy atom. The quantitative estimate of drug-likeness (QED) is 0.452. The zero-order valence-corrected chi connectivity index (χ0v) is 22.8. The van der Waals surface area contributed by atoms with Gasteiger partial charge in [-0.2, -0.15) is 0 Å². The van der Waals surface area contributed by atoms with Gasteiger partial charge < -0.3 is 19.3 Å². The standard InChI is InChI=1S/C26H25BrN2O6S/c1-13(2)35-25(32)21-14(3)28-26-29(22(21)17-12-16(27)9-10-18(17)33-4)24(31)20(36-26)11-15-7-6-8-19(34-5)23(15)30/h6-13,22,30H,1-5H3/b20-11-/t22-/m0/s1. The number of methoxy groups -OCH3 is 2. The van der Waals surface area contributed by atoms with Gasteiger partial charge >= 0.3 is 5.97 Å². The first-order valence-electron chi connectivity index (χ1n) is 11.1. The van der Waals surface area contributed by atoms with Crippen LogP contribution >= 0.6 is 27.3 Å². The largest absolute Gasteiger partial charge is 0.504 e. The average Bonchev–Trinajstić information content (AvgIpc) is 3.13. The monoisotopic (exact) mass is 572 g/mol. The van der Waals surface area contributed by atoms with Crippen LogP contribution in [0.3, 0.4) is 0 Å². The highest BCUT2D eigenvalue weighted by molar-refractivity contribution is 9.10. The second-order valence-electron chi connectivity index (χ2n) is 8.32. The Balaban J connectivity index is 2.01. The number of fused-ring (bicyclic) bond motifs is 1. The molecule has 0 aliphatic carbocycles. The molecule has 0 fully saturated rings. The first kappa shape index (κ1) is 25.7. The molecular weight excluding hydrogens is 548 g/mol. The second kappa shape index (κ2) is 10.3. The van der Waals surface area contributed by atoms with Crippen LogP contribution in [0.5, 0.6) is 17.2 Å². The highest BCUT2D eigenvalue weighted by Gasteiger charge is 2.35. The summed E-state index contributed by atoms with van der Waals surface area (Å²) in [7, 11) is 2.99. The molecule has 0 saturated carbocycles. The normalized spacial score (nSPS) is 15.5. The minimum atomic E-state index is -0.832. The van der Waals surface area contributed by atoms with E-state index in [4.69, 9.17) is 14.2 Å². The number of aromatic nitrogens is 1. The molecule has 0 radical (unpaired) electrons. The van der Waals surface area contributed by atoms with Crippen LogP contribution in [0.2, 0.25) is 0 Å². The number of esters is 1. The van der Waals surface area contributed by atoms with Gasteiger partial charge in [-0.3, -0.25) is 9.36 Å². The summed E-state index contributed by atoms with van der Waals surface area (Å²) in [5, 5.41) is 10.5. The van der Waals surface area contributed by atoms with Crippen LogP contribution in [0.1, 0.15) is 37.9 Å². The molecule has 1 aliphatic rings. The number of aromatic hydroxyl groups is 1. The van der Waals surface area contributed by atoms with Crippen molar-refractivity contribution < 1.29 is 24.1 Å². The van der Waals surface area contributed by atoms with Crippen molar-refractivity contribution in [3.8, 4) is 17.2 Å². The molecule has 1 atom stereocenters. The fourth-order valence-electron chi connectivity index (χ4n) is 4.04. The van der Waals surface area contributed by atoms with Crippen molar-refractivity contribution in [2.24, 2.45) is 4.99 Å². The van der Waals surface area contributed by atoms with Gasteiger partial charge in [0.25, 0.3) is 5.56 Å². The maximum absolute atomic E-state index is 13.8. The summed E-state index contributed by atoms with van der Waals surface area (Å²) in [6, 6.07) is 9.60. The fourth-order valence-corrected chi connectivity index (χ4v) is 5.45. The van der Waals surface area contributed by atoms with Crippen molar-refractivity contribution in [1.29, 1.82) is 0 Å². The van der Waals surface area contributed by atoms with Crippen LogP contribution in [-0.2, 0) is 9.53 Å². The van der Waals surface area contributed by atoms with E-state index >= 15 is 0 Å². The Morgan fingerprint density at radius 2 is 1.92 bits per heavy atom. The van der Waals surface area contributed by atoms with E-state index in [1.807, 2.05) is 12.1 Å². The first-order valence-corrected chi connectivity index (χ1v) is 12.7. The number of thiazole rings is 1. The Labute approximate surface area is 219 Å². The van der Waals surface area contributed by atoms with Crippen molar-refractivity contribution in [3.05, 3.63) is 83.0 Å². The van der Waals surface area contributed by atoms with E-state index in [1.54, 1.807) is 51.1 Å². The molecule has 1 aromatic heterocycles. The summed E-state index contributed by atoms with van der Waals surface area (Å²) < 4.78 is 18.9. The topological polar surface area (TPSA) is 99.4 Å². The lowest BCUT2D eigenvalue weighted by atomic mass is 9.95. The van der Waals surface area contributed by atoms with Gasteiger partial charge in [-0.05, 0) is 51.1 Å². The summed E-state index contributed by atoms with van der Waals surface area (Å²) in [4.78, 5) is 32.1. The molecular formula is C26H25BrN2O6S. The van der Waals surface area contributed by atoms with Crippen molar-refractivity contribution >= 4 is 39.3 Å². The molecule has 2 aromatic carbocycles. The number of ether oxygens (including phenoxy) is 3. The summed E-state index contributed by atoms with van der Waals surface area (Å²) in [6.45, 7) is 5.25. The number of hydrogen-bond donors (Lipinski definition) is 1. The zero-order valence-electron chi connectivity index (χ0n) is 20.4. The lowest BCUT2D eigenvalue weighted by Crippen LogP contribution is -2.40. The van der Waals surface area contributed by atoms with Crippen LogP contribution in [0, 0.1) is 0 Å². The predicted molar refractivity (Wildman–Crippen MR) is 140 cm³/mol. The predicted octanol–water partition coefficient (Wildman–Crippen LogP) is 3.67. The number of nitrogens with zero attached hydrogens (tertiary/aromatic N) is 2. The van der Waals surface area contributed by atoms with Crippen molar-refractivity contribution in [2.45, 2.75) is 32.9 Å². The fraction of sp³-hybridized carbons (Fsp3) is 0.269. The summed E-state index contributed by atoms with van der Waals surface area (Å²) in [5.41, 5.74) is 1.36. The summed E-state index contributed by atoms with van der Waals surface area (Å²) >= 11 is 4.66. The lowest BCUT2D eigenvalue weighted by Gasteiger charge is -2.26. The van der Waals surface area contributed by atoms with Gasteiger partial charge in [0.1, 0.15) is 11.8 Å². The minimum absolute atomic E-state index is 0.0755. The molecule has 0 spiro atoms. The van der Waals surface area contributed by atoms with Crippen LogP contribution in [0.15, 0.2) is 61.9 Å². The zero-order chi connectivity index (χ0) is 26.1. The Kier molecular flexibility index (Phi) is 7.37. The third-order valence-electron chi connectivity index (χ3n) is 5.61. The van der Waals surface area contributed by atoms with E-state index < -0.39 is 12.0 Å². The number of benzene rings is 2. The average molecular weight is 573 g/mol. The number of carbonyl (C=O) groups is 1. The Morgan fingerprint density at radius 3 is 2.58 bits per heavy atom. The van der Waals surface area contributed by atoms with Crippen LogP contribution in [-0.4, -0.2) is 36.0 Å². The number of phenols is 1. The van der Waals surface area contributed by atoms with Gasteiger partial charge in [-0.1, -0.05) is 39.4 Å². The molecule has 0 saturated heterocycles. The Bertz CT molecular complexity index is 1550. The van der Waals surface area contributed by atoms with Crippen LogP contribution in [0.25, 0.3) is 6.08 Å². The SMILES string of the molecule is COc1ccc(Br)cc1[C@H]1C(C(=O)OC(C)C)=C(C)N=c2s/c(=C\c3cccc(OC)c3O)c(=O)n21. The van der Waals surface area contributed by atoms with E-state index in [9.17, 15) is 14.7 Å². The maximum atomic E-state index is 13.8. The molecule has 8 nitrogen and oxygen atoms in total. The third kappa shape index (κ3) is 4.70.